The third kappa shape index (κ3) is 26.6. The summed E-state index contributed by atoms with van der Waals surface area (Å²) in [6.07, 6.45) is 1.22. The number of carbonyl (C=O) groups excluding carboxylic acids is 6. The van der Waals surface area contributed by atoms with Crippen molar-refractivity contribution in [2.24, 2.45) is 28.8 Å². The van der Waals surface area contributed by atoms with E-state index in [9.17, 15) is 42.9 Å². The molecule has 2 aromatic carbocycles. The number of terminal acetylenes is 1. The Balaban J connectivity index is 0.000000338. The molecule has 8 unspecified atom stereocenters. The van der Waals surface area contributed by atoms with Gasteiger partial charge in [-0.1, -0.05) is 62.1 Å². The molecule has 6 aliphatic rings. The Labute approximate surface area is 729 Å². The highest BCUT2D eigenvalue weighted by Gasteiger charge is 2.62. The Morgan fingerprint density at radius 2 is 1.07 bits per heavy atom. The first-order valence-electron chi connectivity index (χ1n) is 42.6. The molecule has 2 amide bonds. The molecule has 3 aromatic rings. The second kappa shape index (κ2) is 45.8. The number of ether oxygens (including phenoxy) is 10. The summed E-state index contributed by atoms with van der Waals surface area (Å²) in [4.78, 5) is 93.3. The number of nitrogens with two attached hydrogens (primary N) is 2. The van der Waals surface area contributed by atoms with E-state index in [4.69, 9.17) is 70.8 Å². The molecule has 9 rings (SSSR count). The van der Waals surface area contributed by atoms with E-state index in [-0.39, 0.29) is 88.3 Å². The summed E-state index contributed by atoms with van der Waals surface area (Å²) in [6, 6.07) is 11.5. The van der Waals surface area contributed by atoms with Crippen LogP contribution in [-0.2, 0) is 73.1 Å². The maximum absolute atomic E-state index is 17.1. The molecular weight excluding hydrogens is 1620 g/mol. The number of rotatable bonds is 21. The number of nitrogens with one attached hydrogen (secondary N) is 2. The molecule has 6 saturated heterocycles. The monoisotopic (exact) mass is 1760 g/mol. The van der Waals surface area contributed by atoms with Crippen LogP contribution >= 0.6 is 12.1 Å². The number of cyclic esters (lactones) is 2. The van der Waals surface area contributed by atoms with Crippen LogP contribution in [0.2, 0.25) is 0 Å². The van der Waals surface area contributed by atoms with Gasteiger partial charge in [0.05, 0.1) is 53.9 Å². The van der Waals surface area contributed by atoms with Crippen molar-refractivity contribution < 1.29 is 99.0 Å². The maximum atomic E-state index is 17.1. The molecule has 8 N–H and O–H groups in total. The molecule has 0 aliphatic carbocycles. The average molecular weight is 1760 g/mol. The summed E-state index contributed by atoms with van der Waals surface area (Å²) in [5, 5.41) is 41.5. The van der Waals surface area contributed by atoms with Crippen LogP contribution in [0.15, 0.2) is 59.8 Å². The summed E-state index contributed by atoms with van der Waals surface area (Å²) in [7, 11) is 10.2. The highest BCUT2D eigenvalue weighted by atomic mass is 32.2. The molecule has 692 valence electrons. The fourth-order valence-corrected chi connectivity index (χ4v) is 18.2. The summed E-state index contributed by atoms with van der Waals surface area (Å²) >= 11 is 0.250. The fourth-order valence-electron chi connectivity index (χ4n) is 18.2. The second-order valence-corrected chi connectivity index (χ2v) is 35.8. The summed E-state index contributed by atoms with van der Waals surface area (Å²) in [6.45, 7) is 27.8. The first-order valence-corrected chi connectivity index (χ1v) is 43.7. The lowest BCUT2D eigenvalue weighted by molar-refractivity contribution is -0.296. The number of nitrogen functional groups attached to an aromatic ring is 2. The number of hydrogen-bond acceptors (Lipinski definition) is 28. The molecular formula is C87H139F3N14O18S. The molecule has 0 spiro atoms. The van der Waals surface area contributed by atoms with Gasteiger partial charge in [-0.05, 0) is 199 Å². The predicted molar refractivity (Wildman–Crippen MR) is 462 cm³/mol. The van der Waals surface area contributed by atoms with E-state index in [1.54, 1.807) is 81.1 Å². The van der Waals surface area contributed by atoms with Crippen LogP contribution in [0.4, 0.5) is 33.6 Å². The van der Waals surface area contributed by atoms with Gasteiger partial charge in [-0.2, -0.15) is 3.89 Å². The molecule has 7 heterocycles. The number of carbonyl (C=O) groups is 6. The van der Waals surface area contributed by atoms with Crippen molar-refractivity contribution in [3.05, 3.63) is 70.7 Å². The summed E-state index contributed by atoms with van der Waals surface area (Å²) in [5.74, 6) is -4.80. The van der Waals surface area contributed by atoms with Crippen LogP contribution in [0.25, 0.3) is 21.7 Å². The molecule has 1 aromatic heterocycles. The quantitative estimate of drug-likeness (QED) is 0.00664. The van der Waals surface area contributed by atoms with E-state index in [2.05, 4.69) is 36.9 Å². The number of benzene rings is 2. The first kappa shape index (κ1) is 104. The smallest absolute Gasteiger partial charge is 0.410 e. The molecule has 36 heteroatoms. The van der Waals surface area contributed by atoms with Crippen molar-refractivity contribution in [1.82, 2.24) is 45.2 Å². The van der Waals surface area contributed by atoms with Crippen molar-refractivity contribution >= 4 is 59.2 Å². The van der Waals surface area contributed by atoms with Gasteiger partial charge in [0.25, 0.3) is 0 Å². The number of azide groups is 1. The van der Waals surface area contributed by atoms with Gasteiger partial charge in [0.15, 0.2) is 35.3 Å². The van der Waals surface area contributed by atoms with E-state index < -0.39 is 166 Å². The van der Waals surface area contributed by atoms with Crippen LogP contribution in [0.1, 0.15) is 181 Å². The topological polar surface area (TPSA) is 404 Å². The van der Waals surface area contributed by atoms with Crippen LogP contribution in [0.3, 0.4) is 0 Å². The normalized spacial score (nSPS) is 36.2. The fraction of sp³-hybridized carbons (Fsp3) is 0.747. The Morgan fingerprint density at radius 1 is 0.667 bits per heavy atom. The van der Waals surface area contributed by atoms with Gasteiger partial charge >= 0.3 is 24.1 Å². The Morgan fingerprint density at radius 3 is 1.45 bits per heavy atom. The molecule has 32 nitrogen and oxygen atoms in total. The number of alkyl halides is 2. The average Bonchev–Trinajstić information content (AvgIpc) is 1.62. The molecule has 6 fully saturated rings. The van der Waals surface area contributed by atoms with Crippen molar-refractivity contribution in [1.29, 1.82) is 0 Å². The number of halogens is 3. The number of unbranched alkanes of at least 4 members (excludes halogenated alkanes) is 2. The highest BCUT2D eigenvalue weighted by molar-refractivity contribution is 7.93. The molecule has 0 bridgehead atoms. The van der Waals surface area contributed by atoms with Gasteiger partial charge in [-0.3, -0.25) is 33.7 Å². The minimum absolute atomic E-state index is 0.173. The number of ketones is 2. The van der Waals surface area contributed by atoms with Crippen LogP contribution in [0.5, 0.6) is 0 Å². The number of esters is 2. The predicted octanol–water partition coefficient (Wildman–Crippen LogP) is 11.0. The number of aromatic nitrogens is 3. The molecule has 0 saturated carbocycles. The minimum atomic E-state index is -1.95. The number of aliphatic hydroxyl groups is 2. The molecule has 26 atom stereocenters. The number of Topliss-reactive ketones (excluding diaryl/α,β-unsaturated/α-hetero) is 2. The van der Waals surface area contributed by atoms with Crippen LogP contribution in [-0.4, -0.2) is 293 Å². The molecule has 6 aliphatic heterocycles. The maximum Gasteiger partial charge on any atom is 0.410 e. The van der Waals surface area contributed by atoms with Gasteiger partial charge < -0.3 is 89.5 Å². The third-order valence-corrected chi connectivity index (χ3v) is 24.8. The highest BCUT2D eigenvalue weighted by Crippen LogP contribution is 2.45. The van der Waals surface area contributed by atoms with Crippen molar-refractivity contribution in [2.75, 3.05) is 92.9 Å². The van der Waals surface area contributed by atoms with Gasteiger partial charge in [0, 0.05) is 148 Å². The van der Waals surface area contributed by atoms with Crippen molar-refractivity contribution in [2.45, 2.75) is 313 Å². The Bertz CT molecular complexity index is 4030. The number of methoxy groups -OCH3 is 2. The molecule has 123 heavy (non-hydrogen) atoms. The van der Waals surface area contributed by atoms with Crippen LogP contribution < -0.4 is 22.1 Å². The van der Waals surface area contributed by atoms with E-state index in [1.807, 2.05) is 109 Å². The third-order valence-electron chi connectivity index (χ3n) is 24.8. The number of likely N-dealkylation sites (N-methyl/N-ethyl adjacent to an activating group) is 2. The summed E-state index contributed by atoms with van der Waals surface area (Å²) < 4.78 is 108. The largest absolute Gasteiger partial charge is 0.458 e. The lowest BCUT2D eigenvalue weighted by atomic mass is 9.77. The van der Waals surface area contributed by atoms with Gasteiger partial charge in [0.2, 0.25) is 0 Å². The number of aryl methyl sites for hydroxylation is 1. The molecule has 0 radical (unpaired) electrons. The Kier molecular flexibility index (Phi) is 38.8. The zero-order valence-corrected chi connectivity index (χ0v) is 77.0. The number of amides is 2. The zero-order valence-electron chi connectivity index (χ0n) is 76.2. The first-order chi connectivity index (χ1) is 57.6. The van der Waals surface area contributed by atoms with Gasteiger partial charge in [-0.25, -0.2) is 18.4 Å². The minimum Gasteiger partial charge on any atom is -0.458 e. The van der Waals surface area contributed by atoms with Crippen molar-refractivity contribution in [3.8, 4) is 23.6 Å². The van der Waals surface area contributed by atoms with E-state index in [0.29, 0.717) is 68.7 Å². The number of fused-ring (bicyclic) bond motifs is 2. The zero-order chi connectivity index (χ0) is 92.2. The lowest BCUT2D eigenvalue weighted by Gasteiger charge is -2.47. The number of aliphatic hydroxyl groups excluding tert-OH is 2. The SMILES string of the molecule is C#Cc1cccc(N)c1.CC[C@H]1OC(=O)[C@H](C)C(=O)[C@H](C)[C@@H](O[C@@H]2OC(C)CC(N(C)C)C2O)[C@](C)(OC)CC(C)(F)CN[C@H](C)[C@H]2N(CCCCN=[N+]=[N-])C(=O)O[C@]12C.CC[C@H]1OC(=O)[C@H](C)C(=O)[C@H](C)[C@@H](O[C@@H]2OC(C)CC(N(C)C)C2O)[C@](C)(OC)CC(C)(F)CN[C@H](C)[C@H]2N(CCCCn3cc(-c4cccc(N)c4)nn3)C(=O)O[C@]12C.CSF. The Hall–Kier alpha value is -7.47. The van der Waals surface area contributed by atoms with Gasteiger partial charge in [0.1, 0.15) is 53.3 Å². The number of nitrogens with zero attached hydrogens (tertiary/aromatic N) is 10. The second-order valence-electron chi connectivity index (χ2n) is 35.5. The van der Waals surface area contributed by atoms with Gasteiger partial charge in [-0.15, -0.1) is 11.5 Å². The summed E-state index contributed by atoms with van der Waals surface area (Å²) in [5.41, 5.74) is 14.2. The van der Waals surface area contributed by atoms with Crippen molar-refractivity contribution in [3.63, 3.8) is 0 Å². The number of hydrogen-bond donors (Lipinski definition) is 6. The van der Waals surface area contributed by atoms with Crippen LogP contribution in [0, 0.1) is 36.0 Å². The number of anilines is 2. The van der Waals surface area contributed by atoms with E-state index >= 15 is 8.78 Å². The van der Waals surface area contributed by atoms with E-state index in [1.165, 1.54) is 48.2 Å². The lowest BCUT2D eigenvalue weighted by Crippen LogP contribution is -2.62. The van der Waals surface area contributed by atoms with E-state index in [0.717, 1.165) is 11.1 Å². The standard InChI is InChI=1S/C43H68FN7O9.C35H61FN6O9.C8H7N.CH3FS/c1-12-33-43(8)36(51(40(55)60-43)19-14-13-18-50-22-31(47-48-50)29-16-15-17-30(45)21-29)28(5)46-24-41(6,44)23-42(7,56-11)37(26(3)34(52)27(4)38(54)58-33)59-39-35(53)32(49(9)10)20-25(2)57-39;1-12-25-35(8)28(42(32(46)51-35)16-14-13-15-39-40-37)23(5)38-19-33(6,36)18-34(7,47-11)29(21(3)26(43)22(4)30(45)49-25)50-31-27(44)24(41(9)10)17-20(2)48-31;1-2-7-4-3-5-8(9)6-7;1-3-2/h15-17,21-22,25-28,32-33,35-37,39,46,53H,12-14,18-20,23-24,45H2,1-11H3;20-25,27-29,31,38,44H,12-19H2,1-11H3;1,3-6H,9H2;1H3/t25?,26-,27+,28+,32?,33+,35?,36+,37+,39-,41?,42+,43+;20?,21-,22+,23+,24?,25+,27?,28+,29+,31-,33?,34+,35+;;/m00../s1.